The van der Waals surface area contributed by atoms with Gasteiger partial charge in [0.2, 0.25) is 0 Å². The van der Waals surface area contributed by atoms with Crippen LogP contribution in [0.5, 0.6) is 11.8 Å². The largest absolute Gasteiger partial charge is 0.424 e. The third-order valence-electron chi connectivity index (χ3n) is 3.36. The molecule has 3 nitrogen and oxygen atoms in total. The third kappa shape index (κ3) is 3.34. The predicted octanol–water partition coefficient (Wildman–Crippen LogP) is 5.29. The number of aromatic nitrogens is 2. The van der Waals surface area contributed by atoms with Crippen molar-refractivity contribution in [3.63, 3.8) is 0 Å². The van der Waals surface area contributed by atoms with E-state index in [1.165, 1.54) is 5.56 Å². The summed E-state index contributed by atoms with van der Waals surface area (Å²) in [5, 5.41) is 2.04. The standard InChI is InChI=1S/C18H18N2OS/c1-18(2,3)14-6-8-15(9-7-14)21-17-19-11-13(12-20-17)16-5-4-10-22-16/h4-12H,1-3H3. The normalized spacial score (nSPS) is 11.4. The molecule has 0 fully saturated rings. The van der Waals surface area contributed by atoms with Crippen LogP contribution in [-0.4, -0.2) is 9.97 Å². The summed E-state index contributed by atoms with van der Waals surface area (Å²) < 4.78 is 5.70. The van der Waals surface area contributed by atoms with Crippen molar-refractivity contribution in [2.75, 3.05) is 0 Å². The van der Waals surface area contributed by atoms with Gasteiger partial charge in [-0.2, -0.15) is 0 Å². The van der Waals surface area contributed by atoms with Crippen LogP contribution in [0.4, 0.5) is 0 Å². The Morgan fingerprint density at radius 1 is 0.955 bits per heavy atom. The molecule has 0 aliphatic heterocycles. The van der Waals surface area contributed by atoms with Crippen molar-refractivity contribution in [2.24, 2.45) is 0 Å². The average Bonchev–Trinajstić information content (AvgIpc) is 3.02. The van der Waals surface area contributed by atoms with E-state index in [0.29, 0.717) is 6.01 Å². The monoisotopic (exact) mass is 310 g/mol. The van der Waals surface area contributed by atoms with Crippen LogP contribution in [0.15, 0.2) is 54.2 Å². The lowest BCUT2D eigenvalue weighted by Gasteiger charge is -2.18. The molecule has 0 aliphatic carbocycles. The van der Waals surface area contributed by atoms with Gasteiger partial charge in [-0.1, -0.05) is 39.0 Å². The molecule has 2 aromatic heterocycles. The maximum Gasteiger partial charge on any atom is 0.321 e. The predicted molar refractivity (Wildman–Crippen MR) is 90.6 cm³/mol. The van der Waals surface area contributed by atoms with Gasteiger partial charge in [0.15, 0.2) is 0 Å². The first-order valence-corrected chi connectivity index (χ1v) is 8.05. The van der Waals surface area contributed by atoms with Gasteiger partial charge < -0.3 is 4.74 Å². The summed E-state index contributed by atoms with van der Waals surface area (Å²) in [5.74, 6) is 0.747. The van der Waals surface area contributed by atoms with Crippen LogP contribution in [0.25, 0.3) is 10.4 Å². The lowest BCUT2D eigenvalue weighted by atomic mass is 9.87. The number of ether oxygens (including phenoxy) is 1. The molecule has 0 unspecified atom stereocenters. The van der Waals surface area contributed by atoms with Crippen molar-refractivity contribution in [3.8, 4) is 22.2 Å². The van der Waals surface area contributed by atoms with Gasteiger partial charge in [0.05, 0.1) is 0 Å². The summed E-state index contributed by atoms with van der Waals surface area (Å²) in [7, 11) is 0. The highest BCUT2D eigenvalue weighted by molar-refractivity contribution is 7.13. The summed E-state index contributed by atoms with van der Waals surface area (Å²) in [4.78, 5) is 9.70. The van der Waals surface area contributed by atoms with Crippen molar-refractivity contribution in [1.82, 2.24) is 9.97 Å². The second-order valence-electron chi connectivity index (χ2n) is 6.11. The van der Waals surface area contributed by atoms with Gasteiger partial charge in [0.25, 0.3) is 0 Å². The maximum atomic E-state index is 5.70. The first-order valence-electron chi connectivity index (χ1n) is 7.17. The molecule has 0 bridgehead atoms. The summed E-state index contributed by atoms with van der Waals surface area (Å²) in [5.41, 5.74) is 2.41. The number of benzene rings is 1. The number of nitrogens with zero attached hydrogens (tertiary/aromatic N) is 2. The molecule has 0 atom stereocenters. The first kappa shape index (κ1) is 14.7. The summed E-state index contributed by atoms with van der Waals surface area (Å²) in [6.07, 6.45) is 3.58. The molecule has 0 spiro atoms. The Morgan fingerprint density at radius 3 is 2.18 bits per heavy atom. The van der Waals surface area contributed by atoms with E-state index in [-0.39, 0.29) is 5.41 Å². The second kappa shape index (κ2) is 5.89. The van der Waals surface area contributed by atoms with Gasteiger partial charge in [-0.15, -0.1) is 11.3 Å². The fourth-order valence-electron chi connectivity index (χ4n) is 2.07. The van der Waals surface area contributed by atoms with Crippen molar-refractivity contribution >= 4 is 11.3 Å². The molecule has 1 aromatic carbocycles. The summed E-state index contributed by atoms with van der Waals surface area (Å²) >= 11 is 1.67. The van der Waals surface area contributed by atoms with Crippen LogP contribution in [-0.2, 0) is 5.41 Å². The van der Waals surface area contributed by atoms with Gasteiger partial charge in [-0.3, -0.25) is 0 Å². The van der Waals surface area contributed by atoms with Crippen LogP contribution in [0.1, 0.15) is 26.3 Å². The highest BCUT2D eigenvalue weighted by Gasteiger charge is 2.13. The number of hydrogen-bond donors (Lipinski definition) is 0. The Hall–Kier alpha value is -2.20. The second-order valence-corrected chi connectivity index (χ2v) is 7.06. The van der Waals surface area contributed by atoms with E-state index in [9.17, 15) is 0 Å². The molecule has 4 heteroatoms. The van der Waals surface area contributed by atoms with Crippen molar-refractivity contribution in [3.05, 3.63) is 59.7 Å². The smallest absolute Gasteiger partial charge is 0.321 e. The van der Waals surface area contributed by atoms with E-state index < -0.39 is 0 Å². The topological polar surface area (TPSA) is 35.0 Å². The van der Waals surface area contributed by atoms with Crippen molar-refractivity contribution < 1.29 is 4.74 Å². The molecule has 0 amide bonds. The van der Waals surface area contributed by atoms with E-state index in [2.05, 4.69) is 48.9 Å². The van der Waals surface area contributed by atoms with Crippen LogP contribution in [0.2, 0.25) is 0 Å². The van der Waals surface area contributed by atoms with Crippen LogP contribution in [0, 0.1) is 0 Å². The highest BCUT2D eigenvalue weighted by atomic mass is 32.1. The van der Waals surface area contributed by atoms with E-state index in [1.54, 1.807) is 23.7 Å². The van der Waals surface area contributed by atoms with E-state index in [1.807, 2.05) is 23.6 Å². The highest BCUT2D eigenvalue weighted by Crippen LogP contribution is 2.27. The SMILES string of the molecule is CC(C)(C)c1ccc(Oc2ncc(-c3cccs3)cn2)cc1. The zero-order valence-electron chi connectivity index (χ0n) is 12.9. The molecule has 0 N–H and O–H groups in total. The Bertz CT molecular complexity index is 726. The third-order valence-corrected chi connectivity index (χ3v) is 4.28. The van der Waals surface area contributed by atoms with Crippen LogP contribution in [0.3, 0.4) is 0 Å². The molecule has 0 saturated heterocycles. The maximum absolute atomic E-state index is 5.70. The number of thiophene rings is 1. The quantitative estimate of drug-likeness (QED) is 0.659. The van der Waals surface area contributed by atoms with E-state index in [4.69, 9.17) is 4.74 Å². The molecule has 22 heavy (non-hydrogen) atoms. The van der Waals surface area contributed by atoms with Gasteiger partial charge in [-0.05, 0) is 34.6 Å². The van der Waals surface area contributed by atoms with Gasteiger partial charge in [-0.25, -0.2) is 9.97 Å². The minimum atomic E-state index is 0.136. The lowest BCUT2D eigenvalue weighted by molar-refractivity contribution is 0.441. The van der Waals surface area contributed by atoms with Crippen molar-refractivity contribution in [1.29, 1.82) is 0 Å². The minimum absolute atomic E-state index is 0.136. The fraction of sp³-hybridized carbons (Fsp3) is 0.222. The Labute approximate surface area is 134 Å². The Morgan fingerprint density at radius 2 is 1.64 bits per heavy atom. The Balaban J connectivity index is 1.73. The average molecular weight is 310 g/mol. The molecule has 3 aromatic rings. The fourth-order valence-corrected chi connectivity index (χ4v) is 2.77. The zero-order valence-corrected chi connectivity index (χ0v) is 13.7. The van der Waals surface area contributed by atoms with Gasteiger partial charge in [0, 0.05) is 22.8 Å². The molecular weight excluding hydrogens is 292 g/mol. The molecule has 0 aliphatic rings. The van der Waals surface area contributed by atoms with Crippen LogP contribution < -0.4 is 4.74 Å². The van der Waals surface area contributed by atoms with Crippen molar-refractivity contribution in [2.45, 2.75) is 26.2 Å². The van der Waals surface area contributed by atoms with Crippen LogP contribution >= 0.6 is 11.3 Å². The van der Waals surface area contributed by atoms with Gasteiger partial charge in [0.1, 0.15) is 5.75 Å². The Kier molecular flexibility index (Phi) is 3.94. The summed E-state index contributed by atoms with van der Waals surface area (Å²) in [6, 6.07) is 12.5. The number of hydrogen-bond acceptors (Lipinski definition) is 4. The van der Waals surface area contributed by atoms with E-state index in [0.717, 1.165) is 16.2 Å². The zero-order chi connectivity index (χ0) is 15.6. The molecule has 3 rings (SSSR count). The molecule has 112 valence electrons. The molecule has 2 heterocycles. The van der Waals surface area contributed by atoms with Gasteiger partial charge >= 0.3 is 6.01 Å². The minimum Gasteiger partial charge on any atom is -0.424 e. The molecule has 0 radical (unpaired) electrons. The lowest BCUT2D eigenvalue weighted by Crippen LogP contribution is -2.10. The summed E-state index contributed by atoms with van der Waals surface area (Å²) in [6.45, 7) is 6.57. The first-order chi connectivity index (χ1) is 10.5. The molecule has 0 saturated carbocycles. The van der Waals surface area contributed by atoms with E-state index >= 15 is 0 Å². The molecular formula is C18H18N2OS. The number of rotatable bonds is 3.